The number of anilines is 1. The van der Waals surface area contributed by atoms with Gasteiger partial charge in [0, 0.05) is 31.3 Å². The first-order valence-corrected chi connectivity index (χ1v) is 10.9. The number of fused-ring (bicyclic) bond motifs is 3. The Bertz CT molecular complexity index is 1260. The predicted molar refractivity (Wildman–Crippen MR) is 124 cm³/mol. The lowest BCUT2D eigenvalue weighted by Crippen LogP contribution is -2.65. The van der Waals surface area contributed by atoms with Gasteiger partial charge in [-0.1, -0.05) is 0 Å². The molecule has 0 aliphatic heterocycles. The number of aliphatic hydroxyl groups is 3. The number of carbonyl (C=O) groups excluding carboxylic acids is 4. The first-order valence-electron chi connectivity index (χ1n) is 10.9. The molecule has 1 fully saturated rings. The van der Waals surface area contributed by atoms with Crippen LogP contribution in [0, 0.1) is 11.8 Å². The lowest BCUT2D eigenvalue weighted by atomic mass is 9.57. The number of nitrogens with two attached hydrogens (primary N) is 1. The summed E-state index contributed by atoms with van der Waals surface area (Å²) in [6, 6.07) is 0.326. The fraction of sp³-hybridized carbons (Fsp3) is 0.417. The van der Waals surface area contributed by atoms with Gasteiger partial charge < -0.3 is 31.1 Å². The number of primary amides is 1. The molecule has 11 heteroatoms. The van der Waals surface area contributed by atoms with E-state index in [1.165, 1.54) is 25.1 Å². The minimum absolute atomic E-state index is 0.00513. The molecule has 0 aromatic heterocycles. The van der Waals surface area contributed by atoms with Gasteiger partial charge in [-0.25, -0.2) is 0 Å². The molecule has 0 heterocycles. The van der Waals surface area contributed by atoms with Gasteiger partial charge in [-0.05, 0) is 44.5 Å². The lowest BCUT2D eigenvalue weighted by Gasteiger charge is -2.50. The van der Waals surface area contributed by atoms with Gasteiger partial charge in [0.15, 0.2) is 17.7 Å². The number of benzene rings is 1. The fourth-order valence-electron chi connectivity index (χ4n) is 5.80. The molecule has 1 amide bonds. The van der Waals surface area contributed by atoms with Crippen LogP contribution in [0.25, 0.3) is 5.76 Å². The molecule has 3 aliphatic rings. The van der Waals surface area contributed by atoms with E-state index < -0.39 is 63.8 Å². The van der Waals surface area contributed by atoms with Crippen LogP contribution in [0.5, 0.6) is 5.75 Å². The van der Waals surface area contributed by atoms with Crippen molar-refractivity contribution in [2.24, 2.45) is 17.6 Å². The molecule has 0 bridgehead atoms. The maximum absolute atomic E-state index is 13.8. The van der Waals surface area contributed by atoms with E-state index in [0.717, 1.165) is 0 Å². The second-order valence-corrected chi connectivity index (χ2v) is 9.66. The minimum atomic E-state index is -2.70. The maximum atomic E-state index is 13.8. The number of aldehydes is 1. The Kier molecular flexibility index (Phi) is 5.53. The molecule has 4 rings (SSSR count). The topological polar surface area (TPSA) is 182 Å². The molecule has 0 saturated heterocycles. The van der Waals surface area contributed by atoms with E-state index in [0.29, 0.717) is 17.5 Å². The summed E-state index contributed by atoms with van der Waals surface area (Å²) in [6.45, 7) is 0. The molecule has 1 saturated carbocycles. The van der Waals surface area contributed by atoms with Gasteiger partial charge in [-0.15, -0.1) is 0 Å². The molecule has 186 valence electrons. The van der Waals surface area contributed by atoms with Gasteiger partial charge >= 0.3 is 0 Å². The Hall–Kier alpha value is -3.70. The van der Waals surface area contributed by atoms with Crippen molar-refractivity contribution in [2.75, 3.05) is 33.1 Å². The van der Waals surface area contributed by atoms with Crippen LogP contribution < -0.4 is 10.6 Å². The van der Waals surface area contributed by atoms with Crippen LogP contribution in [0.15, 0.2) is 23.0 Å². The second-order valence-electron chi connectivity index (χ2n) is 9.66. The average Bonchev–Trinajstić information content (AvgIpc) is 2.75. The highest BCUT2D eigenvalue weighted by molar-refractivity contribution is 6.24. The third kappa shape index (κ3) is 3.11. The summed E-state index contributed by atoms with van der Waals surface area (Å²) in [5.74, 6) is -7.33. The number of rotatable bonds is 4. The van der Waals surface area contributed by atoms with Crippen LogP contribution in [0.4, 0.5) is 5.69 Å². The van der Waals surface area contributed by atoms with Crippen LogP contribution in [-0.2, 0) is 20.8 Å². The number of aromatic hydroxyl groups is 1. The zero-order valence-corrected chi connectivity index (χ0v) is 19.7. The lowest BCUT2D eigenvalue weighted by molar-refractivity contribution is -0.153. The van der Waals surface area contributed by atoms with Crippen LogP contribution >= 0.6 is 0 Å². The molecule has 3 aliphatic carbocycles. The summed E-state index contributed by atoms with van der Waals surface area (Å²) >= 11 is 0. The Morgan fingerprint density at radius 2 is 1.80 bits per heavy atom. The molecule has 1 unspecified atom stereocenters. The molecular formula is C24H27N3O8. The smallest absolute Gasteiger partial charge is 0.255 e. The van der Waals surface area contributed by atoms with E-state index in [4.69, 9.17) is 5.73 Å². The summed E-state index contributed by atoms with van der Waals surface area (Å²) < 4.78 is 0. The van der Waals surface area contributed by atoms with Crippen molar-refractivity contribution in [3.8, 4) is 5.75 Å². The molecule has 11 nitrogen and oxygen atoms in total. The van der Waals surface area contributed by atoms with Crippen LogP contribution in [-0.4, -0.2) is 88.9 Å². The molecule has 35 heavy (non-hydrogen) atoms. The van der Waals surface area contributed by atoms with Crippen molar-refractivity contribution in [3.05, 3.63) is 39.7 Å². The number of phenolic OH excluding ortho intramolecular Hbond substituents is 1. The molecule has 0 radical (unpaired) electrons. The van der Waals surface area contributed by atoms with E-state index in [1.807, 2.05) is 0 Å². The quantitative estimate of drug-likeness (QED) is 0.284. The molecule has 4 atom stereocenters. The Balaban J connectivity index is 2.02. The molecule has 1 aromatic rings. The average molecular weight is 485 g/mol. The Morgan fingerprint density at radius 1 is 1.17 bits per heavy atom. The van der Waals surface area contributed by atoms with E-state index in [-0.39, 0.29) is 29.5 Å². The number of carbonyl (C=O) groups is 4. The number of aliphatic hydroxyl groups excluding tert-OH is 2. The van der Waals surface area contributed by atoms with E-state index in [2.05, 4.69) is 0 Å². The fourth-order valence-corrected chi connectivity index (χ4v) is 5.80. The number of ketones is 2. The third-order valence-electron chi connectivity index (χ3n) is 7.34. The van der Waals surface area contributed by atoms with E-state index in [9.17, 15) is 39.6 Å². The van der Waals surface area contributed by atoms with Crippen molar-refractivity contribution in [1.29, 1.82) is 0 Å². The van der Waals surface area contributed by atoms with Gasteiger partial charge in [-0.3, -0.25) is 24.1 Å². The highest BCUT2D eigenvalue weighted by atomic mass is 16.3. The first-order chi connectivity index (χ1) is 16.3. The van der Waals surface area contributed by atoms with Crippen molar-refractivity contribution >= 4 is 35.2 Å². The standard InChI is InChI=1S/C24H27N3O8/c1-26(2)13-7-10(8-28)18(29)15-11(13)5-9-6-12-17(27(3)4)20(31)16(23(25)34)22(33)24(12,35)21(32)14(9)19(15)30/h7-9,12,17,29-30,33,35H,5-6H2,1-4H3,(H2,25,34)/t9-,12-,17?,24-/m1/s1. The third-order valence-corrected chi connectivity index (χ3v) is 7.34. The zero-order valence-electron chi connectivity index (χ0n) is 19.7. The second kappa shape index (κ2) is 7.92. The maximum Gasteiger partial charge on any atom is 0.255 e. The van der Waals surface area contributed by atoms with Crippen LogP contribution in [0.3, 0.4) is 0 Å². The Morgan fingerprint density at radius 3 is 2.31 bits per heavy atom. The largest absolute Gasteiger partial charge is 0.508 e. The number of phenols is 1. The number of amides is 1. The highest BCUT2D eigenvalue weighted by Crippen LogP contribution is 2.53. The summed E-state index contributed by atoms with van der Waals surface area (Å²) in [6.07, 6.45) is 0.560. The minimum Gasteiger partial charge on any atom is -0.508 e. The van der Waals surface area contributed by atoms with Gasteiger partial charge in [0.1, 0.15) is 22.8 Å². The summed E-state index contributed by atoms with van der Waals surface area (Å²) in [4.78, 5) is 53.6. The Labute approximate surface area is 200 Å². The molecule has 6 N–H and O–H groups in total. The number of Topliss-reactive ketones (excluding diaryl/α,β-unsaturated/α-hetero) is 2. The number of nitrogens with zero attached hydrogens (tertiary/aromatic N) is 2. The van der Waals surface area contributed by atoms with Gasteiger partial charge in [0.25, 0.3) is 5.91 Å². The highest BCUT2D eigenvalue weighted by Gasteiger charge is 2.64. The molecular weight excluding hydrogens is 458 g/mol. The molecule has 1 aromatic carbocycles. The van der Waals surface area contributed by atoms with Gasteiger partial charge in [0.2, 0.25) is 5.78 Å². The SMILES string of the molecule is CN(C)c1cc(C=O)c(O)c2c1C[C@@H]1C[C@@H]3C(N(C)C)C(=O)C(C(N)=O)=C(O)[C@]3(O)C(=O)C1=C2O. The van der Waals surface area contributed by atoms with Crippen LogP contribution in [0.1, 0.15) is 27.9 Å². The number of likely N-dealkylation sites (N-methyl/N-ethyl adjacent to an activating group) is 1. The van der Waals surface area contributed by atoms with E-state index in [1.54, 1.807) is 19.0 Å². The summed E-state index contributed by atoms with van der Waals surface area (Å²) in [5.41, 5.74) is 2.28. The van der Waals surface area contributed by atoms with Crippen molar-refractivity contribution in [2.45, 2.75) is 24.5 Å². The first kappa shape index (κ1) is 24.4. The summed E-state index contributed by atoms with van der Waals surface area (Å²) in [5, 5.41) is 44.3. The number of hydrogen-bond acceptors (Lipinski definition) is 10. The zero-order chi connectivity index (χ0) is 26.1. The predicted octanol–water partition coefficient (Wildman–Crippen LogP) is -0.157. The number of hydrogen-bond donors (Lipinski definition) is 5. The molecule has 0 spiro atoms. The monoisotopic (exact) mass is 485 g/mol. The van der Waals surface area contributed by atoms with Crippen molar-refractivity contribution in [3.63, 3.8) is 0 Å². The normalized spacial score (nSPS) is 28.0. The van der Waals surface area contributed by atoms with Crippen molar-refractivity contribution in [1.82, 2.24) is 4.90 Å². The van der Waals surface area contributed by atoms with E-state index >= 15 is 0 Å². The van der Waals surface area contributed by atoms with Gasteiger partial charge in [0.05, 0.1) is 17.2 Å². The van der Waals surface area contributed by atoms with Gasteiger partial charge in [-0.2, -0.15) is 0 Å². The summed E-state index contributed by atoms with van der Waals surface area (Å²) in [7, 11) is 6.52. The van der Waals surface area contributed by atoms with Crippen molar-refractivity contribution < 1.29 is 39.6 Å². The van der Waals surface area contributed by atoms with Crippen LogP contribution in [0.2, 0.25) is 0 Å².